The summed E-state index contributed by atoms with van der Waals surface area (Å²) in [6.45, 7) is 7.22. The lowest BCUT2D eigenvalue weighted by atomic mass is 10.0. The summed E-state index contributed by atoms with van der Waals surface area (Å²) >= 11 is 1.31. The highest BCUT2D eigenvalue weighted by molar-refractivity contribution is 7.18. The number of amides is 1. The number of rotatable bonds is 6. The van der Waals surface area contributed by atoms with Gasteiger partial charge in [0.15, 0.2) is 5.13 Å². The molecule has 1 aliphatic rings. The molecule has 4 N–H and O–H groups in total. The minimum absolute atomic E-state index is 0.145. The van der Waals surface area contributed by atoms with Crippen LogP contribution in [0.15, 0.2) is 0 Å². The Bertz CT molecular complexity index is 470. The van der Waals surface area contributed by atoms with Crippen LogP contribution in [-0.2, 0) is 4.74 Å². The Balaban J connectivity index is 1.86. The molecule has 1 amide bonds. The van der Waals surface area contributed by atoms with Gasteiger partial charge in [-0.05, 0) is 24.7 Å². The number of anilines is 2. The van der Waals surface area contributed by atoms with Crippen LogP contribution in [-0.4, -0.2) is 37.2 Å². The van der Waals surface area contributed by atoms with Gasteiger partial charge in [0.1, 0.15) is 10.7 Å². The first-order chi connectivity index (χ1) is 10.1. The van der Waals surface area contributed by atoms with E-state index in [9.17, 15) is 4.79 Å². The van der Waals surface area contributed by atoms with Gasteiger partial charge in [-0.3, -0.25) is 4.79 Å². The number of ether oxygens (including phenoxy) is 1. The minimum Gasteiger partial charge on any atom is -0.382 e. The largest absolute Gasteiger partial charge is 0.382 e. The Morgan fingerprint density at radius 2 is 2.38 bits per heavy atom. The van der Waals surface area contributed by atoms with E-state index in [2.05, 4.69) is 29.5 Å². The summed E-state index contributed by atoms with van der Waals surface area (Å²) in [5.74, 6) is 1.06. The van der Waals surface area contributed by atoms with Gasteiger partial charge in [0.2, 0.25) is 0 Å². The van der Waals surface area contributed by atoms with E-state index >= 15 is 0 Å². The number of thiazole rings is 1. The van der Waals surface area contributed by atoms with Crippen molar-refractivity contribution in [2.24, 2.45) is 11.8 Å². The van der Waals surface area contributed by atoms with Gasteiger partial charge in [0.25, 0.3) is 5.91 Å². The fraction of sp³-hybridized carbons (Fsp3) is 0.714. The summed E-state index contributed by atoms with van der Waals surface area (Å²) in [6, 6.07) is 0. The molecule has 1 fully saturated rings. The van der Waals surface area contributed by atoms with E-state index in [0.717, 1.165) is 32.6 Å². The van der Waals surface area contributed by atoms with Crippen molar-refractivity contribution in [3.8, 4) is 0 Å². The number of carbonyl (C=O) groups excluding carboxylic acids is 1. The number of hydrogen-bond donors (Lipinski definition) is 3. The van der Waals surface area contributed by atoms with Crippen molar-refractivity contribution in [3.63, 3.8) is 0 Å². The van der Waals surface area contributed by atoms with Gasteiger partial charge >= 0.3 is 0 Å². The second-order valence-corrected chi connectivity index (χ2v) is 6.80. The summed E-state index contributed by atoms with van der Waals surface area (Å²) in [6.07, 6.45) is 2.16. The Labute approximate surface area is 129 Å². The maximum Gasteiger partial charge on any atom is 0.265 e. The molecule has 7 heteroatoms. The number of hydrogen-bond acceptors (Lipinski definition) is 6. The average molecular weight is 312 g/mol. The molecule has 1 saturated heterocycles. The van der Waals surface area contributed by atoms with Crippen molar-refractivity contribution in [3.05, 3.63) is 4.88 Å². The maximum atomic E-state index is 12.2. The minimum atomic E-state index is -0.145. The van der Waals surface area contributed by atoms with E-state index in [1.54, 1.807) is 0 Å². The Kier molecular flexibility index (Phi) is 5.81. The molecule has 1 atom stereocenters. The highest BCUT2D eigenvalue weighted by Crippen LogP contribution is 2.25. The number of nitrogens with two attached hydrogens (primary N) is 1. The Morgan fingerprint density at radius 3 is 3.05 bits per heavy atom. The van der Waals surface area contributed by atoms with Crippen molar-refractivity contribution >= 4 is 28.2 Å². The van der Waals surface area contributed by atoms with Gasteiger partial charge in [-0.15, -0.1) is 0 Å². The molecule has 1 unspecified atom stereocenters. The molecule has 0 radical (unpaired) electrons. The van der Waals surface area contributed by atoms with Gasteiger partial charge in [-0.1, -0.05) is 25.2 Å². The molecule has 118 valence electrons. The molecule has 0 aromatic carbocycles. The maximum absolute atomic E-state index is 12.2. The molecule has 0 saturated carbocycles. The first-order valence-electron chi connectivity index (χ1n) is 7.42. The number of nitrogen functional groups attached to an aromatic ring is 1. The molecular formula is C14H24N4O2S. The molecule has 21 heavy (non-hydrogen) atoms. The van der Waals surface area contributed by atoms with E-state index in [1.165, 1.54) is 11.3 Å². The van der Waals surface area contributed by atoms with Crippen LogP contribution in [0.1, 0.15) is 36.4 Å². The number of aromatic nitrogens is 1. The van der Waals surface area contributed by atoms with Crippen molar-refractivity contribution < 1.29 is 9.53 Å². The Hall–Kier alpha value is -1.34. The fourth-order valence-corrected chi connectivity index (χ4v) is 2.96. The van der Waals surface area contributed by atoms with Gasteiger partial charge in [0, 0.05) is 19.7 Å². The molecule has 2 rings (SSSR count). The van der Waals surface area contributed by atoms with Gasteiger partial charge in [-0.25, -0.2) is 4.98 Å². The van der Waals surface area contributed by atoms with Crippen molar-refractivity contribution in [1.82, 2.24) is 10.3 Å². The van der Waals surface area contributed by atoms with Gasteiger partial charge in [0.05, 0.1) is 6.61 Å². The molecule has 1 aromatic heterocycles. The third-order valence-corrected chi connectivity index (χ3v) is 4.35. The smallest absolute Gasteiger partial charge is 0.265 e. The molecule has 1 aliphatic heterocycles. The molecule has 0 aliphatic carbocycles. The van der Waals surface area contributed by atoms with Crippen molar-refractivity contribution in [2.75, 3.05) is 37.4 Å². The zero-order valence-corrected chi connectivity index (χ0v) is 13.5. The van der Waals surface area contributed by atoms with E-state index in [0.29, 0.717) is 34.2 Å². The van der Waals surface area contributed by atoms with Crippen LogP contribution in [0, 0.1) is 11.8 Å². The third-order valence-electron chi connectivity index (χ3n) is 3.33. The summed E-state index contributed by atoms with van der Waals surface area (Å²) in [4.78, 5) is 16.9. The van der Waals surface area contributed by atoms with E-state index in [1.807, 2.05) is 0 Å². The van der Waals surface area contributed by atoms with Crippen LogP contribution in [0.2, 0.25) is 0 Å². The van der Waals surface area contributed by atoms with Gasteiger partial charge < -0.3 is 21.1 Å². The molecule has 0 bridgehead atoms. The second kappa shape index (κ2) is 7.61. The monoisotopic (exact) mass is 312 g/mol. The second-order valence-electron chi connectivity index (χ2n) is 5.80. The third kappa shape index (κ3) is 4.86. The fourth-order valence-electron chi connectivity index (χ4n) is 2.15. The van der Waals surface area contributed by atoms with E-state index in [-0.39, 0.29) is 5.91 Å². The summed E-state index contributed by atoms with van der Waals surface area (Å²) < 4.78 is 5.41. The van der Waals surface area contributed by atoms with Crippen molar-refractivity contribution in [1.29, 1.82) is 0 Å². The highest BCUT2D eigenvalue weighted by Gasteiger charge is 2.19. The van der Waals surface area contributed by atoms with Crippen LogP contribution < -0.4 is 16.4 Å². The predicted molar refractivity (Wildman–Crippen MR) is 85.7 cm³/mol. The first-order valence-corrected chi connectivity index (χ1v) is 8.24. The lowest BCUT2D eigenvalue weighted by molar-refractivity contribution is 0.0537. The molecule has 2 heterocycles. The van der Waals surface area contributed by atoms with Crippen LogP contribution in [0.25, 0.3) is 0 Å². The highest BCUT2D eigenvalue weighted by atomic mass is 32.1. The quantitative estimate of drug-likeness (QED) is 0.747. The number of nitrogens with zero attached hydrogens (tertiary/aromatic N) is 1. The van der Waals surface area contributed by atoms with Gasteiger partial charge in [-0.2, -0.15) is 0 Å². The van der Waals surface area contributed by atoms with E-state index in [4.69, 9.17) is 10.5 Å². The zero-order valence-electron chi connectivity index (χ0n) is 12.6. The predicted octanol–water partition coefficient (Wildman–Crippen LogP) is 1.95. The normalized spacial score (nSPS) is 18.7. The topological polar surface area (TPSA) is 89.3 Å². The van der Waals surface area contributed by atoms with Crippen molar-refractivity contribution in [2.45, 2.75) is 26.7 Å². The molecule has 6 nitrogen and oxygen atoms in total. The summed E-state index contributed by atoms with van der Waals surface area (Å²) in [5.41, 5.74) is 5.83. The van der Waals surface area contributed by atoms with Crippen LogP contribution >= 0.6 is 11.3 Å². The van der Waals surface area contributed by atoms with Crippen LogP contribution in [0.5, 0.6) is 0 Å². The Morgan fingerprint density at radius 1 is 1.57 bits per heavy atom. The molecular weight excluding hydrogens is 288 g/mol. The standard InChI is InChI=1S/C14H24N4O2S/c1-9(2)6-17-14-18-12(15)11(21-14)13(19)16-7-10-4-3-5-20-8-10/h9-10H,3-8,15H2,1-2H3,(H,16,19)(H,17,18). The lowest BCUT2D eigenvalue weighted by Crippen LogP contribution is -2.33. The van der Waals surface area contributed by atoms with Crippen LogP contribution in [0.4, 0.5) is 10.9 Å². The first kappa shape index (κ1) is 16.0. The number of nitrogens with one attached hydrogen (secondary N) is 2. The average Bonchev–Trinajstić information content (AvgIpc) is 2.85. The number of carbonyl (C=O) groups is 1. The zero-order chi connectivity index (χ0) is 15.2. The van der Waals surface area contributed by atoms with Crippen LogP contribution in [0.3, 0.4) is 0 Å². The molecule has 1 aromatic rings. The summed E-state index contributed by atoms with van der Waals surface area (Å²) in [5, 5.41) is 6.83. The molecule has 0 spiro atoms. The lowest BCUT2D eigenvalue weighted by Gasteiger charge is -2.21. The summed E-state index contributed by atoms with van der Waals surface area (Å²) in [7, 11) is 0. The SMILES string of the molecule is CC(C)CNc1nc(N)c(C(=O)NCC2CCCOC2)s1. The van der Waals surface area contributed by atoms with E-state index < -0.39 is 0 Å².